The van der Waals surface area contributed by atoms with Crippen molar-refractivity contribution in [2.24, 2.45) is 0 Å². The quantitative estimate of drug-likeness (QED) is 0.555. The van der Waals surface area contributed by atoms with Gasteiger partial charge in [0.25, 0.3) is 0 Å². The number of amides is 2. The second-order valence-electron chi connectivity index (χ2n) is 5.35. The molecule has 4 N–H and O–H groups in total. The molecule has 0 heterocycles. The molecule has 0 spiro atoms. The van der Waals surface area contributed by atoms with Crippen molar-refractivity contribution < 1.29 is 14.7 Å². The molecule has 2 aromatic carbocycles. The molecule has 2 amide bonds. The van der Waals surface area contributed by atoms with Crippen molar-refractivity contribution in [3.8, 4) is 0 Å². The van der Waals surface area contributed by atoms with Crippen LogP contribution in [0, 0.1) is 0 Å². The van der Waals surface area contributed by atoms with Gasteiger partial charge in [-0.2, -0.15) is 0 Å². The number of hydrogen-bond donors (Lipinski definition) is 4. The topological polar surface area (TPSA) is 90.5 Å². The second-order valence-corrected chi connectivity index (χ2v) is 5.35. The van der Waals surface area contributed by atoms with Crippen molar-refractivity contribution in [3.05, 3.63) is 83.7 Å². The van der Waals surface area contributed by atoms with Crippen LogP contribution in [0.15, 0.2) is 72.6 Å². The lowest BCUT2D eigenvalue weighted by molar-refractivity contribution is -0.131. The van der Waals surface area contributed by atoms with Gasteiger partial charge in [-0.3, -0.25) is 5.32 Å². The van der Waals surface area contributed by atoms with Crippen molar-refractivity contribution in [1.82, 2.24) is 16.0 Å². The first-order chi connectivity index (χ1) is 12.1. The van der Waals surface area contributed by atoms with Crippen LogP contribution in [-0.4, -0.2) is 23.7 Å². The summed E-state index contributed by atoms with van der Waals surface area (Å²) in [4.78, 5) is 22.9. The van der Waals surface area contributed by atoms with Gasteiger partial charge in [0.15, 0.2) is 0 Å². The fourth-order valence-corrected chi connectivity index (χ4v) is 2.19. The van der Waals surface area contributed by atoms with Gasteiger partial charge in [0.1, 0.15) is 5.82 Å². The molecule has 0 aliphatic rings. The number of nitrogens with one attached hydrogen (secondary N) is 3. The number of carboxylic acids is 1. The van der Waals surface area contributed by atoms with E-state index in [4.69, 9.17) is 5.11 Å². The summed E-state index contributed by atoms with van der Waals surface area (Å²) < 4.78 is 0. The third-order valence-corrected chi connectivity index (χ3v) is 3.38. The highest BCUT2D eigenvalue weighted by Crippen LogP contribution is 1.99. The molecule has 130 valence electrons. The fourth-order valence-electron chi connectivity index (χ4n) is 2.19. The largest absolute Gasteiger partial charge is 0.478 e. The average Bonchev–Trinajstić information content (AvgIpc) is 2.61. The van der Waals surface area contributed by atoms with E-state index in [-0.39, 0.29) is 5.82 Å². The summed E-state index contributed by atoms with van der Waals surface area (Å²) in [6.07, 6.45) is 1.65. The molecular weight excluding hydrogens is 318 g/mol. The van der Waals surface area contributed by atoms with Crippen LogP contribution < -0.4 is 16.0 Å². The van der Waals surface area contributed by atoms with E-state index in [0.29, 0.717) is 19.5 Å². The normalized spacial score (nSPS) is 10.8. The molecule has 2 aromatic rings. The molecule has 0 aromatic heterocycles. The summed E-state index contributed by atoms with van der Waals surface area (Å²) in [5.41, 5.74) is 2.08. The van der Waals surface area contributed by atoms with Crippen molar-refractivity contribution in [1.29, 1.82) is 0 Å². The van der Waals surface area contributed by atoms with Gasteiger partial charge in [0, 0.05) is 13.1 Å². The Morgan fingerprint density at radius 1 is 0.880 bits per heavy atom. The van der Waals surface area contributed by atoms with Gasteiger partial charge in [-0.1, -0.05) is 60.7 Å². The zero-order chi connectivity index (χ0) is 17.9. The highest BCUT2D eigenvalue weighted by Gasteiger charge is 2.06. The maximum Gasteiger partial charge on any atom is 0.331 e. The van der Waals surface area contributed by atoms with Crippen molar-refractivity contribution in [2.45, 2.75) is 13.0 Å². The summed E-state index contributed by atoms with van der Waals surface area (Å²) in [5, 5.41) is 17.1. The van der Waals surface area contributed by atoms with E-state index < -0.39 is 12.0 Å². The molecule has 6 nitrogen and oxygen atoms in total. The van der Waals surface area contributed by atoms with Gasteiger partial charge in [-0.05, 0) is 17.5 Å². The van der Waals surface area contributed by atoms with E-state index in [1.807, 2.05) is 60.7 Å². The van der Waals surface area contributed by atoms with Crippen LogP contribution in [0.4, 0.5) is 4.79 Å². The van der Waals surface area contributed by atoms with Crippen LogP contribution in [-0.2, 0) is 17.8 Å². The summed E-state index contributed by atoms with van der Waals surface area (Å²) in [6, 6.07) is 18.8. The molecule has 0 radical (unpaired) electrons. The van der Waals surface area contributed by atoms with Crippen LogP contribution in [0.25, 0.3) is 0 Å². The molecule has 0 aliphatic carbocycles. The fraction of sp³-hybridized carbons (Fsp3) is 0.158. The predicted octanol–water partition coefficient (Wildman–Crippen LogP) is 2.24. The van der Waals surface area contributed by atoms with E-state index in [0.717, 1.165) is 17.2 Å². The maximum atomic E-state index is 11.9. The summed E-state index contributed by atoms with van der Waals surface area (Å²) in [6.45, 7) is 0.860. The Hall–Kier alpha value is -3.28. The van der Waals surface area contributed by atoms with E-state index in [1.54, 1.807) is 0 Å². The number of benzene rings is 2. The van der Waals surface area contributed by atoms with E-state index in [9.17, 15) is 9.59 Å². The maximum absolute atomic E-state index is 11.9. The van der Waals surface area contributed by atoms with Crippen LogP contribution >= 0.6 is 0 Å². The number of carbonyl (C=O) groups is 2. The molecule has 0 atom stereocenters. The zero-order valence-electron chi connectivity index (χ0n) is 13.7. The molecule has 0 aliphatic heterocycles. The van der Waals surface area contributed by atoms with E-state index in [2.05, 4.69) is 16.0 Å². The van der Waals surface area contributed by atoms with Crippen molar-refractivity contribution >= 4 is 12.0 Å². The lowest BCUT2D eigenvalue weighted by Gasteiger charge is -2.13. The highest BCUT2D eigenvalue weighted by molar-refractivity contribution is 5.83. The van der Waals surface area contributed by atoms with Crippen LogP contribution in [0.5, 0.6) is 0 Å². The van der Waals surface area contributed by atoms with Crippen LogP contribution in [0.1, 0.15) is 11.1 Å². The first kappa shape index (κ1) is 18.1. The number of carbonyl (C=O) groups excluding carboxylic acids is 1. The van der Waals surface area contributed by atoms with Crippen LogP contribution in [0.2, 0.25) is 0 Å². The third-order valence-electron chi connectivity index (χ3n) is 3.38. The zero-order valence-corrected chi connectivity index (χ0v) is 13.7. The number of hydrogen-bond acceptors (Lipinski definition) is 3. The van der Waals surface area contributed by atoms with Crippen molar-refractivity contribution in [2.75, 3.05) is 6.54 Å². The summed E-state index contributed by atoms with van der Waals surface area (Å²) in [5.74, 6) is -0.987. The molecule has 0 saturated carbocycles. The van der Waals surface area contributed by atoms with Gasteiger partial charge in [-0.25, -0.2) is 9.59 Å². The molecule has 6 heteroatoms. The second kappa shape index (κ2) is 9.77. The predicted molar refractivity (Wildman–Crippen MR) is 95.7 cm³/mol. The van der Waals surface area contributed by atoms with Crippen LogP contribution in [0.3, 0.4) is 0 Å². The molecule has 0 saturated heterocycles. The number of carboxylic acid groups (broad SMARTS) is 1. The molecule has 0 fully saturated rings. The summed E-state index contributed by atoms with van der Waals surface area (Å²) >= 11 is 0. The molecule has 2 rings (SSSR count). The average molecular weight is 339 g/mol. The van der Waals surface area contributed by atoms with E-state index >= 15 is 0 Å². The Labute approximate surface area is 146 Å². The lowest BCUT2D eigenvalue weighted by atomic mass is 10.1. The van der Waals surface area contributed by atoms with Gasteiger partial charge in [-0.15, -0.1) is 0 Å². The van der Waals surface area contributed by atoms with Gasteiger partial charge >= 0.3 is 12.0 Å². The number of urea groups is 1. The lowest BCUT2D eigenvalue weighted by Crippen LogP contribution is -2.39. The molecule has 0 bridgehead atoms. The number of rotatable bonds is 8. The first-order valence-corrected chi connectivity index (χ1v) is 7.94. The smallest absolute Gasteiger partial charge is 0.331 e. The minimum atomic E-state index is -1.13. The Balaban J connectivity index is 1.82. The van der Waals surface area contributed by atoms with Gasteiger partial charge < -0.3 is 15.7 Å². The Morgan fingerprint density at radius 3 is 2.08 bits per heavy atom. The molecule has 25 heavy (non-hydrogen) atoms. The monoisotopic (exact) mass is 339 g/mol. The van der Waals surface area contributed by atoms with Gasteiger partial charge in [0.05, 0.1) is 6.08 Å². The molecular formula is C19H21N3O3. The highest BCUT2D eigenvalue weighted by atomic mass is 16.4. The Bertz CT molecular complexity index is 715. The molecule has 0 unspecified atom stereocenters. The standard InChI is InChI=1S/C19H21N3O3/c23-18(24)13-17(20-12-11-15-7-3-1-4-8-15)22-19(25)21-14-16-9-5-2-6-10-16/h1-10,13,20H,11-12,14H2,(H,23,24)(H2,21,22,25)/b17-13-. The summed E-state index contributed by atoms with van der Waals surface area (Å²) in [7, 11) is 0. The third kappa shape index (κ3) is 7.22. The van der Waals surface area contributed by atoms with Gasteiger partial charge in [0.2, 0.25) is 0 Å². The minimum absolute atomic E-state index is 0.147. The SMILES string of the molecule is O=C(O)/C=C(/NCCc1ccccc1)NC(=O)NCc1ccccc1. The van der Waals surface area contributed by atoms with Crippen molar-refractivity contribution in [3.63, 3.8) is 0 Å². The number of aliphatic carboxylic acids is 1. The minimum Gasteiger partial charge on any atom is -0.478 e. The Morgan fingerprint density at radius 2 is 1.48 bits per heavy atom. The Kier molecular flexibility index (Phi) is 7.06. The first-order valence-electron chi connectivity index (χ1n) is 7.94. The van der Waals surface area contributed by atoms with E-state index in [1.165, 1.54) is 0 Å².